The van der Waals surface area contributed by atoms with E-state index in [0.717, 1.165) is 18.7 Å². The van der Waals surface area contributed by atoms with Crippen LogP contribution in [0.2, 0.25) is 0 Å². The molecule has 0 fully saturated rings. The predicted octanol–water partition coefficient (Wildman–Crippen LogP) is 2.96. The highest BCUT2D eigenvalue weighted by Gasteiger charge is 2.29. The summed E-state index contributed by atoms with van der Waals surface area (Å²) in [5.74, 6) is 0. The van der Waals surface area contributed by atoms with E-state index < -0.39 is 0 Å². The van der Waals surface area contributed by atoms with E-state index in [1.807, 2.05) is 20.2 Å². The average molecular weight is 268 g/mol. The highest BCUT2D eigenvalue weighted by Crippen LogP contribution is 2.36. The van der Waals surface area contributed by atoms with Crippen LogP contribution in [-0.2, 0) is 11.2 Å². The number of nitrogens with one attached hydrogen (secondary N) is 1. The van der Waals surface area contributed by atoms with Crippen LogP contribution >= 0.6 is 0 Å². The minimum Gasteiger partial charge on any atom is -0.371 e. The molecule has 3 heteroatoms. The number of likely N-dealkylation sites (N-methyl/N-ethyl adjacent to an activating group) is 1. The van der Waals surface area contributed by atoms with Gasteiger partial charge in [-0.25, -0.2) is 0 Å². The maximum Gasteiger partial charge on any atom is 0.102 e. The molecule has 0 saturated heterocycles. The Morgan fingerprint density at radius 1 is 1.25 bits per heavy atom. The van der Waals surface area contributed by atoms with Gasteiger partial charge in [0.15, 0.2) is 0 Å². The monoisotopic (exact) mass is 268 g/mol. The van der Waals surface area contributed by atoms with Crippen molar-refractivity contribution in [3.63, 3.8) is 0 Å². The van der Waals surface area contributed by atoms with Gasteiger partial charge in [-0.2, -0.15) is 0 Å². The normalized spacial score (nSPS) is 19.4. The van der Waals surface area contributed by atoms with Crippen molar-refractivity contribution in [2.24, 2.45) is 0 Å². The Kier molecular flexibility index (Phi) is 3.81. The minimum absolute atomic E-state index is 0.0504. The van der Waals surface area contributed by atoms with Gasteiger partial charge in [0.25, 0.3) is 0 Å². The Hall–Kier alpha value is -1.71. The molecular weight excluding hydrogens is 248 g/mol. The molecule has 1 aliphatic heterocycles. The first-order valence-electron chi connectivity index (χ1n) is 7.09. The van der Waals surface area contributed by atoms with Crippen molar-refractivity contribution in [3.05, 3.63) is 65.0 Å². The Balaban J connectivity index is 1.96. The summed E-state index contributed by atoms with van der Waals surface area (Å²) < 4.78 is 6.05. The minimum atomic E-state index is 0.0504. The summed E-state index contributed by atoms with van der Waals surface area (Å²) in [6.07, 6.45) is 2.99. The van der Waals surface area contributed by atoms with Crippen molar-refractivity contribution in [2.45, 2.75) is 25.5 Å². The quantitative estimate of drug-likeness (QED) is 0.929. The molecule has 104 valence electrons. The second-order valence-corrected chi connectivity index (χ2v) is 5.24. The van der Waals surface area contributed by atoms with E-state index in [2.05, 4.69) is 46.7 Å². The van der Waals surface area contributed by atoms with Crippen LogP contribution in [0, 0.1) is 6.92 Å². The first-order chi connectivity index (χ1) is 9.79. The highest BCUT2D eigenvalue weighted by atomic mass is 16.5. The van der Waals surface area contributed by atoms with Crippen LogP contribution in [0.1, 0.15) is 34.5 Å². The van der Waals surface area contributed by atoms with Gasteiger partial charge in [0, 0.05) is 11.9 Å². The fourth-order valence-corrected chi connectivity index (χ4v) is 2.86. The van der Waals surface area contributed by atoms with E-state index in [1.54, 1.807) is 0 Å². The Bertz CT molecular complexity index is 580. The van der Waals surface area contributed by atoms with Gasteiger partial charge >= 0.3 is 0 Å². The summed E-state index contributed by atoms with van der Waals surface area (Å²) in [6, 6.07) is 12.9. The van der Waals surface area contributed by atoms with Crippen LogP contribution in [0.3, 0.4) is 0 Å². The number of nitrogens with zero attached hydrogens (tertiary/aromatic N) is 1. The van der Waals surface area contributed by atoms with Gasteiger partial charge in [-0.15, -0.1) is 0 Å². The lowest BCUT2D eigenvalue weighted by Crippen LogP contribution is -2.29. The van der Waals surface area contributed by atoms with Crippen molar-refractivity contribution in [1.29, 1.82) is 0 Å². The summed E-state index contributed by atoms with van der Waals surface area (Å²) in [6.45, 7) is 2.78. The molecule has 0 bridgehead atoms. The van der Waals surface area contributed by atoms with Gasteiger partial charge < -0.3 is 10.1 Å². The molecule has 0 amide bonds. The van der Waals surface area contributed by atoms with Crippen molar-refractivity contribution >= 4 is 0 Å². The number of rotatable bonds is 3. The number of fused-ring (bicyclic) bond motifs is 1. The van der Waals surface area contributed by atoms with E-state index in [0.29, 0.717) is 0 Å². The second kappa shape index (κ2) is 5.73. The number of pyridine rings is 1. The van der Waals surface area contributed by atoms with Crippen molar-refractivity contribution in [3.8, 4) is 0 Å². The van der Waals surface area contributed by atoms with Crippen LogP contribution in [0.4, 0.5) is 0 Å². The zero-order valence-electron chi connectivity index (χ0n) is 12.0. The molecule has 1 aromatic carbocycles. The maximum absolute atomic E-state index is 6.05. The third-order valence-corrected chi connectivity index (χ3v) is 3.94. The third kappa shape index (κ3) is 2.47. The van der Waals surface area contributed by atoms with E-state index in [-0.39, 0.29) is 12.1 Å². The molecular formula is C17H20N2O. The van der Waals surface area contributed by atoms with Crippen molar-refractivity contribution < 1.29 is 4.74 Å². The molecule has 2 atom stereocenters. The van der Waals surface area contributed by atoms with E-state index in [9.17, 15) is 0 Å². The number of benzene rings is 1. The lowest BCUT2D eigenvalue weighted by molar-refractivity contribution is 0.0165. The fourth-order valence-electron chi connectivity index (χ4n) is 2.86. The molecule has 0 radical (unpaired) electrons. The molecule has 0 saturated carbocycles. The molecule has 1 aromatic heterocycles. The molecule has 2 aromatic rings. The van der Waals surface area contributed by atoms with Crippen molar-refractivity contribution in [1.82, 2.24) is 10.3 Å². The Morgan fingerprint density at radius 3 is 2.85 bits per heavy atom. The molecule has 0 spiro atoms. The van der Waals surface area contributed by atoms with Gasteiger partial charge in [-0.05, 0) is 43.1 Å². The molecule has 0 aliphatic carbocycles. The summed E-state index contributed by atoms with van der Waals surface area (Å²) >= 11 is 0. The number of ether oxygens (including phenoxy) is 1. The molecule has 3 nitrogen and oxygen atoms in total. The first-order valence-corrected chi connectivity index (χ1v) is 7.09. The molecule has 2 heterocycles. The smallest absolute Gasteiger partial charge is 0.102 e. The molecule has 1 N–H and O–H groups in total. The van der Waals surface area contributed by atoms with Crippen LogP contribution < -0.4 is 5.32 Å². The molecule has 3 rings (SSSR count). The first kappa shape index (κ1) is 13.3. The zero-order chi connectivity index (χ0) is 13.9. The number of aromatic nitrogens is 1. The summed E-state index contributed by atoms with van der Waals surface area (Å²) in [7, 11) is 1.98. The van der Waals surface area contributed by atoms with Crippen LogP contribution in [-0.4, -0.2) is 18.6 Å². The molecule has 1 aliphatic rings. The largest absolute Gasteiger partial charge is 0.371 e. The van der Waals surface area contributed by atoms with Gasteiger partial charge in [0.1, 0.15) is 6.10 Å². The zero-order valence-corrected chi connectivity index (χ0v) is 12.0. The van der Waals surface area contributed by atoms with E-state index in [4.69, 9.17) is 4.74 Å². The van der Waals surface area contributed by atoms with Gasteiger partial charge in [-0.1, -0.05) is 30.3 Å². The van der Waals surface area contributed by atoms with Gasteiger partial charge in [0.2, 0.25) is 0 Å². The SMILES string of the molecule is CNC(c1ccc(C)nc1)C1OCCc2ccccc21. The highest BCUT2D eigenvalue weighted by molar-refractivity contribution is 5.34. The van der Waals surface area contributed by atoms with E-state index >= 15 is 0 Å². The van der Waals surface area contributed by atoms with Gasteiger partial charge in [0.05, 0.1) is 12.6 Å². The maximum atomic E-state index is 6.05. The molecule has 2 unspecified atom stereocenters. The second-order valence-electron chi connectivity index (χ2n) is 5.24. The Labute approximate surface area is 120 Å². The fraction of sp³-hybridized carbons (Fsp3) is 0.353. The topological polar surface area (TPSA) is 34.2 Å². The third-order valence-electron chi connectivity index (χ3n) is 3.94. The van der Waals surface area contributed by atoms with Crippen LogP contribution in [0.15, 0.2) is 42.6 Å². The summed E-state index contributed by atoms with van der Waals surface area (Å²) in [4.78, 5) is 4.40. The lowest BCUT2D eigenvalue weighted by atomic mass is 9.90. The number of aryl methyl sites for hydroxylation is 1. The predicted molar refractivity (Wildman–Crippen MR) is 79.6 cm³/mol. The standard InChI is InChI=1S/C17H20N2O/c1-12-7-8-14(11-19-12)16(18-2)17-15-6-4-3-5-13(15)9-10-20-17/h3-8,11,16-18H,9-10H2,1-2H3. The lowest BCUT2D eigenvalue weighted by Gasteiger charge is -2.32. The van der Waals surface area contributed by atoms with Gasteiger partial charge in [-0.3, -0.25) is 4.98 Å². The van der Waals surface area contributed by atoms with Crippen LogP contribution in [0.25, 0.3) is 0 Å². The van der Waals surface area contributed by atoms with Crippen LogP contribution in [0.5, 0.6) is 0 Å². The van der Waals surface area contributed by atoms with Crippen molar-refractivity contribution in [2.75, 3.05) is 13.7 Å². The number of hydrogen-bond acceptors (Lipinski definition) is 3. The molecule has 20 heavy (non-hydrogen) atoms. The number of hydrogen-bond donors (Lipinski definition) is 1. The summed E-state index contributed by atoms with van der Waals surface area (Å²) in [5, 5.41) is 3.38. The Morgan fingerprint density at radius 2 is 2.10 bits per heavy atom. The van der Waals surface area contributed by atoms with E-state index in [1.165, 1.54) is 16.7 Å². The average Bonchev–Trinajstić information content (AvgIpc) is 2.50. The summed E-state index contributed by atoms with van der Waals surface area (Å²) in [5.41, 5.74) is 4.89.